The molecule has 0 spiro atoms. The molecule has 0 unspecified atom stereocenters. The molecule has 16 nitrogen and oxygen atoms in total. The van der Waals surface area contributed by atoms with Crippen LogP contribution in [0.4, 0.5) is 0 Å². The highest BCUT2D eigenvalue weighted by atomic mass is 16.7. The molecule has 0 aromatic heterocycles. The maximum Gasteiger partial charge on any atom is 0.338 e. The summed E-state index contributed by atoms with van der Waals surface area (Å²) >= 11 is 0. The molecule has 16 atom stereocenters. The minimum Gasteiger partial charge on any atom is -0.462 e. The van der Waals surface area contributed by atoms with Crippen molar-refractivity contribution in [1.82, 2.24) is 4.90 Å². The third-order valence-corrected chi connectivity index (χ3v) is 11.6. The first-order chi connectivity index (χ1) is 28.9. The average molecular weight is 862 g/mol. The largest absolute Gasteiger partial charge is 0.462 e. The summed E-state index contributed by atoms with van der Waals surface area (Å²) in [4.78, 5) is 53.5. The molecule has 3 N–H and O–H groups in total. The molecule has 3 aliphatic rings. The number of aldehydes is 1. The van der Waals surface area contributed by atoms with E-state index in [4.69, 9.17) is 37.9 Å². The highest BCUT2D eigenvalue weighted by Gasteiger charge is 2.53. The lowest BCUT2D eigenvalue weighted by molar-refractivity contribution is -0.344. The smallest absolute Gasteiger partial charge is 0.338 e. The van der Waals surface area contributed by atoms with E-state index < -0.39 is 121 Å². The molecule has 1 aromatic rings. The molecule has 0 amide bonds. The minimum atomic E-state index is -1.50. The summed E-state index contributed by atoms with van der Waals surface area (Å²) in [6.45, 7) is 10.2. The zero-order valence-corrected chi connectivity index (χ0v) is 36.9. The lowest BCUT2D eigenvalue weighted by Crippen LogP contribution is -2.66. The number of benzene rings is 1. The zero-order valence-electron chi connectivity index (χ0n) is 36.9. The van der Waals surface area contributed by atoms with Crippen LogP contribution in [0.2, 0.25) is 0 Å². The Bertz CT molecular complexity index is 1620. The van der Waals surface area contributed by atoms with Gasteiger partial charge in [0.15, 0.2) is 18.7 Å². The van der Waals surface area contributed by atoms with Crippen LogP contribution in [-0.2, 0) is 52.3 Å². The molecule has 0 radical (unpaired) electrons. The molecule has 0 bridgehead atoms. The number of likely N-dealkylation sites (N-methyl/N-ethyl adjacent to an activating group) is 1. The Morgan fingerprint density at radius 1 is 0.967 bits per heavy atom. The molecule has 3 aliphatic heterocycles. The molecular weight excluding hydrogens is 794 g/mol. The molecule has 0 saturated carbocycles. The third kappa shape index (κ3) is 13.7. The molecule has 3 heterocycles. The number of carbonyl (C=O) groups excluding carboxylic acids is 4. The van der Waals surface area contributed by atoms with E-state index in [2.05, 4.69) is 0 Å². The maximum atomic E-state index is 13.6. The van der Waals surface area contributed by atoms with Gasteiger partial charge in [-0.2, -0.15) is 0 Å². The summed E-state index contributed by atoms with van der Waals surface area (Å²) < 4.78 is 49.1. The first kappa shape index (κ1) is 50.1. The molecule has 16 heteroatoms. The van der Waals surface area contributed by atoms with Crippen LogP contribution in [0.15, 0.2) is 54.6 Å². The van der Waals surface area contributed by atoms with Crippen molar-refractivity contribution in [3.8, 4) is 0 Å². The molecule has 342 valence electrons. The fourth-order valence-corrected chi connectivity index (χ4v) is 8.35. The number of carbonyl (C=O) groups is 4. The SMILES string of the molecule is CCC(=O)O[C@H]1[C@H](C)O[C@@H](O[C@H]2[C@H](N(C)C)[C@@H](O)[C@H](O[C@H]3[C@@H](CC=O)C[C@@H](C)[C@@H](O)/C=C/C=C/C[C@@H](C)OC(=O)C[C@@H](OC(=O)c4ccccc4)[C@@H]3OC)O[C@@H]2C)C[C@@]1(C)O. The Kier molecular flexibility index (Phi) is 19.0. The number of ether oxygens (including phenoxy) is 8. The predicted molar refractivity (Wildman–Crippen MR) is 221 cm³/mol. The Balaban J connectivity index is 1.72. The normalized spacial score (nSPS) is 39.1. The molecular formula is C45H67NO15. The number of allylic oxidation sites excluding steroid dienone is 2. The number of methoxy groups -OCH3 is 1. The van der Waals surface area contributed by atoms with Gasteiger partial charge in [-0.15, -0.1) is 0 Å². The van der Waals surface area contributed by atoms with E-state index in [-0.39, 0.29) is 31.2 Å². The van der Waals surface area contributed by atoms with Crippen LogP contribution >= 0.6 is 0 Å². The van der Waals surface area contributed by atoms with Gasteiger partial charge in [-0.1, -0.05) is 56.4 Å². The van der Waals surface area contributed by atoms with E-state index in [0.29, 0.717) is 12.7 Å². The number of aliphatic hydroxyl groups excluding tert-OH is 2. The van der Waals surface area contributed by atoms with Gasteiger partial charge in [-0.25, -0.2) is 4.79 Å². The monoisotopic (exact) mass is 861 g/mol. The van der Waals surface area contributed by atoms with E-state index in [1.807, 2.05) is 13.0 Å². The van der Waals surface area contributed by atoms with Crippen LogP contribution in [0.3, 0.4) is 0 Å². The topological polar surface area (TPSA) is 206 Å². The van der Waals surface area contributed by atoms with Crippen LogP contribution in [0, 0.1) is 11.8 Å². The van der Waals surface area contributed by atoms with Crippen molar-refractivity contribution in [2.75, 3.05) is 21.2 Å². The molecule has 4 rings (SSSR count). The maximum absolute atomic E-state index is 13.6. The lowest BCUT2D eigenvalue weighted by Gasteiger charge is -2.50. The number of rotatable bonds is 12. The Hall–Kier alpha value is -3.58. The first-order valence-electron chi connectivity index (χ1n) is 21.2. The van der Waals surface area contributed by atoms with Crippen LogP contribution in [0.25, 0.3) is 0 Å². The van der Waals surface area contributed by atoms with Gasteiger partial charge in [0.05, 0.1) is 42.4 Å². The molecule has 2 fully saturated rings. The average Bonchev–Trinajstić information content (AvgIpc) is 3.19. The van der Waals surface area contributed by atoms with Crippen molar-refractivity contribution >= 4 is 24.2 Å². The van der Waals surface area contributed by atoms with Crippen molar-refractivity contribution in [2.24, 2.45) is 11.8 Å². The van der Waals surface area contributed by atoms with Crippen molar-refractivity contribution in [3.63, 3.8) is 0 Å². The number of aliphatic hydroxyl groups is 3. The standard InChI is InChI=1S/C45H67NO15/c1-10-34(49)59-42-29(5)56-36(25-45(42,6)53)60-39-28(4)57-44(38(51)37(39)46(7)8)61-40-31(21-22-47)23-26(2)32(48)20-16-11-13-17-27(3)55-35(50)24-33(41(40)54-9)58-43(52)30-18-14-12-15-19-30/h11-16,18-20,22,26-29,31-33,36-42,44,48,51,53H,10,17,21,23-25H2,1-9H3/b13-11+,20-16+/t26-,27-,28-,29+,31+,32+,33-,36+,37-,38-,39-,40+,41+,42+,44+,45-/m1/s1. The van der Waals surface area contributed by atoms with E-state index in [9.17, 15) is 34.5 Å². The van der Waals surface area contributed by atoms with E-state index in [1.165, 1.54) is 7.11 Å². The second-order valence-electron chi connectivity index (χ2n) is 16.9. The predicted octanol–water partition coefficient (Wildman–Crippen LogP) is 3.67. The van der Waals surface area contributed by atoms with Gasteiger partial charge in [0.25, 0.3) is 0 Å². The highest BCUT2D eigenvalue weighted by molar-refractivity contribution is 5.89. The first-order valence-corrected chi connectivity index (χ1v) is 21.2. The van der Waals surface area contributed by atoms with Gasteiger partial charge in [0.2, 0.25) is 0 Å². The molecule has 61 heavy (non-hydrogen) atoms. The number of nitrogens with zero attached hydrogens (tertiary/aromatic N) is 1. The van der Waals surface area contributed by atoms with Crippen LogP contribution in [-0.4, -0.2) is 151 Å². The molecule has 1 aromatic carbocycles. The Morgan fingerprint density at radius 2 is 1.67 bits per heavy atom. The van der Waals surface area contributed by atoms with Gasteiger partial charge >= 0.3 is 17.9 Å². The summed E-state index contributed by atoms with van der Waals surface area (Å²) in [6, 6.07) is 7.43. The second-order valence-corrected chi connectivity index (χ2v) is 16.9. The van der Waals surface area contributed by atoms with Gasteiger partial charge in [-0.05, 0) is 72.2 Å². The van der Waals surface area contributed by atoms with Gasteiger partial charge in [0, 0.05) is 32.8 Å². The zero-order chi connectivity index (χ0) is 45.0. The number of esters is 3. The fourth-order valence-electron chi connectivity index (χ4n) is 8.35. The summed E-state index contributed by atoms with van der Waals surface area (Å²) in [5, 5.41) is 34.7. The van der Waals surface area contributed by atoms with Gasteiger partial charge in [-0.3, -0.25) is 9.59 Å². The van der Waals surface area contributed by atoms with Gasteiger partial charge in [0.1, 0.15) is 42.4 Å². The Labute approximate surface area is 359 Å². The second kappa shape index (κ2) is 23.2. The van der Waals surface area contributed by atoms with E-state index in [1.54, 1.807) is 102 Å². The van der Waals surface area contributed by atoms with Crippen molar-refractivity contribution in [2.45, 2.75) is 165 Å². The number of cyclic esters (lactones) is 1. The molecule has 2 saturated heterocycles. The third-order valence-electron chi connectivity index (χ3n) is 11.6. The van der Waals surface area contributed by atoms with Gasteiger partial charge < -0.3 is 62.9 Å². The Morgan fingerprint density at radius 3 is 2.30 bits per heavy atom. The number of hydrogen-bond acceptors (Lipinski definition) is 16. The van der Waals surface area contributed by atoms with Crippen LogP contribution in [0.1, 0.15) is 90.4 Å². The minimum absolute atomic E-state index is 0.0524. The summed E-state index contributed by atoms with van der Waals surface area (Å²) in [5.41, 5.74) is -1.28. The lowest BCUT2D eigenvalue weighted by atomic mass is 9.82. The van der Waals surface area contributed by atoms with Crippen LogP contribution < -0.4 is 0 Å². The molecule has 0 aliphatic carbocycles. The fraction of sp³-hybridized carbons (Fsp3) is 0.689. The van der Waals surface area contributed by atoms with Crippen molar-refractivity contribution < 1.29 is 72.4 Å². The van der Waals surface area contributed by atoms with Crippen molar-refractivity contribution in [3.05, 3.63) is 60.2 Å². The van der Waals surface area contributed by atoms with E-state index >= 15 is 0 Å². The van der Waals surface area contributed by atoms with Crippen molar-refractivity contribution in [1.29, 1.82) is 0 Å². The summed E-state index contributed by atoms with van der Waals surface area (Å²) in [6.07, 6.45) is -4.59. The van der Waals surface area contributed by atoms with Crippen LogP contribution in [0.5, 0.6) is 0 Å². The van der Waals surface area contributed by atoms with E-state index in [0.717, 1.165) is 0 Å². The number of hydrogen-bond donors (Lipinski definition) is 3. The quantitative estimate of drug-likeness (QED) is 0.156. The summed E-state index contributed by atoms with van der Waals surface area (Å²) in [5.74, 6) is -3.05. The summed E-state index contributed by atoms with van der Waals surface area (Å²) in [7, 11) is 4.86. The highest BCUT2D eigenvalue weighted by Crippen LogP contribution is 2.38.